The average molecular weight is 541 g/mol. The van der Waals surface area contributed by atoms with Crippen molar-refractivity contribution < 1.29 is 14.7 Å². The highest BCUT2D eigenvalue weighted by Crippen LogP contribution is 2.10. The van der Waals surface area contributed by atoms with Gasteiger partial charge in [0.05, 0.1) is 0 Å². The van der Waals surface area contributed by atoms with E-state index < -0.39 is 5.97 Å². The number of carbonyl (C=O) groups excluding carboxylic acids is 1. The number of nitrogens with zero attached hydrogens (tertiary/aromatic N) is 1. The lowest BCUT2D eigenvalue weighted by atomic mass is 10.1. The van der Waals surface area contributed by atoms with Crippen molar-refractivity contribution in [1.29, 1.82) is 0 Å². The fraction of sp³-hybridized carbons (Fsp3) is 0.529. The number of carbonyl (C=O) groups is 2. The van der Waals surface area contributed by atoms with Crippen molar-refractivity contribution >= 4 is 24.1 Å². The van der Waals surface area contributed by atoms with Crippen LogP contribution >= 0.6 is 0 Å². The first-order valence-corrected chi connectivity index (χ1v) is 14.6. The maximum atomic E-state index is 10.3. The zero-order chi connectivity index (χ0) is 29.4. The molecule has 5 heteroatoms. The molecule has 0 fully saturated rings. The van der Waals surface area contributed by atoms with Crippen molar-refractivity contribution in [3.63, 3.8) is 0 Å². The van der Waals surface area contributed by atoms with E-state index in [2.05, 4.69) is 41.4 Å². The molecule has 0 spiro atoms. The predicted octanol–water partition coefficient (Wildman–Crippen LogP) is 9.40. The summed E-state index contributed by atoms with van der Waals surface area (Å²) in [7, 11) is 5.99. The fourth-order valence-corrected chi connectivity index (χ4v) is 3.68. The number of anilines is 2. The Hall–Kier alpha value is -3.08. The van der Waals surface area contributed by atoms with Gasteiger partial charge in [0.25, 0.3) is 0 Å². The quantitative estimate of drug-likeness (QED) is 0.154. The molecule has 5 nitrogen and oxygen atoms in total. The predicted molar refractivity (Wildman–Crippen MR) is 171 cm³/mol. The van der Waals surface area contributed by atoms with Gasteiger partial charge in [0.1, 0.15) is 6.79 Å². The summed E-state index contributed by atoms with van der Waals surface area (Å²) in [6.45, 7) is 4.26. The molecule has 0 bridgehead atoms. The van der Waals surface area contributed by atoms with Crippen LogP contribution in [0.1, 0.15) is 96.8 Å². The van der Waals surface area contributed by atoms with Gasteiger partial charge in [-0.1, -0.05) is 107 Å². The molecule has 0 saturated heterocycles. The van der Waals surface area contributed by atoms with Crippen LogP contribution in [0.3, 0.4) is 0 Å². The highest BCUT2D eigenvalue weighted by molar-refractivity contribution is 5.66. The second-order valence-electron chi connectivity index (χ2n) is 9.57. The van der Waals surface area contributed by atoms with Gasteiger partial charge in [-0.2, -0.15) is 0 Å². The third-order valence-electron chi connectivity index (χ3n) is 5.99. The normalized spacial score (nSPS) is 9.74. The standard InChI is InChI=1S/C18H34O2.C8H11N.C7H9N.CH2O/c1-2-3-4-5-6-7-8-9-10-11-12-13-14-15-16-17-18(19)20;1-9(2)8-6-4-3-5-7-8;1-8-7-5-3-2-4-6-7;1-2/h9-10H,2-8,11-17H2,1H3,(H,19,20);3-7H,1-2H3;2-6,8H,1H3;1H2/b10-9-;;;. The van der Waals surface area contributed by atoms with Crippen LogP contribution in [0, 0.1) is 0 Å². The lowest BCUT2D eigenvalue weighted by molar-refractivity contribution is -0.137. The van der Waals surface area contributed by atoms with Gasteiger partial charge in [0, 0.05) is 38.9 Å². The van der Waals surface area contributed by atoms with E-state index in [1.807, 2.05) is 76.5 Å². The highest BCUT2D eigenvalue weighted by atomic mass is 16.4. The van der Waals surface area contributed by atoms with Crippen LogP contribution < -0.4 is 10.2 Å². The molecule has 0 atom stereocenters. The summed E-state index contributed by atoms with van der Waals surface area (Å²) in [6, 6.07) is 20.3. The number of hydrogen-bond donors (Lipinski definition) is 2. The summed E-state index contributed by atoms with van der Waals surface area (Å²) < 4.78 is 0. The smallest absolute Gasteiger partial charge is 0.303 e. The maximum Gasteiger partial charge on any atom is 0.303 e. The summed E-state index contributed by atoms with van der Waals surface area (Å²) in [6.07, 6.45) is 21.2. The van der Waals surface area contributed by atoms with Gasteiger partial charge in [-0.25, -0.2) is 0 Å². The van der Waals surface area contributed by atoms with E-state index in [1.165, 1.54) is 76.3 Å². The van der Waals surface area contributed by atoms with E-state index in [4.69, 9.17) is 9.90 Å². The summed E-state index contributed by atoms with van der Waals surface area (Å²) in [4.78, 5) is 20.4. The van der Waals surface area contributed by atoms with Crippen LogP contribution in [0.15, 0.2) is 72.8 Å². The molecule has 0 heterocycles. The zero-order valence-corrected chi connectivity index (χ0v) is 25.2. The largest absolute Gasteiger partial charge is 0.481 e. The Morgan fingerprint density at radius 2 is 1.18 bits per heavy atom. The minimum atomic E-state index is -0.664. The highest BCUT2D eigenvalue weighted by Gasteiger charge is 1.96. The van der Waals surface area contributed by atoms with Crippen LogP contribution in [-0.4, -0.2) is 39.0 Å². The van der Waals surface area contributed by atoms with E-state index >= 15 is 0 Å². The summed E-state index contributed by atoms with van der Waals surface area (Å²) in [5, 5.41) is 11.5. The molecule has 220 valence electrons. The number of hydrogen-bond acceptors (Lipinski definition) is 4. The van der Waals surface area contributed by atoms with Crippen LogP contribution in [0.4, 0.5) is 11.4 Å². The number of carboxylic acids is 1. The van der Waals surface area contributed by atoms with Crippen LogP contribution in [0.2, 0.25) is 0 Å². The Labute approximate surface area is 239 Å². The molecular formula is C34H56N2O3. The van der Waals surface area contributed by atoms with Gasteiger partial charge < -0.3 is 20.1 Å². The Balaban J connectivity index is 0. The van der Waals surface area contributed by atoms with Crippen molar-refractivity contribution in [3.8, 4) is 0 Å². The van der Waals surface area contributed by atoms with Crippen molar-refractivity contribution in [1.82, 2.24) is 0 Å². The number of rotatable bonds is 17. The molecule has 0 aliphatic heterocycles. The Morgan fingerprint density at radius 1 is 0.744 bits per heavy atom. The van der Waals surface area contributed by atoms with Crippen molar-refractivity contribution in [2.75, 3.05) is 31.4 Å². The summed E-state index contributed by atoms with van der Waals surface area (Å²) in [5.41, 5.74) is 2.41. The molecule has 2 rings (SSSR count). The van der Waals surface area contributed by atoms with Gasteiger partial charge in [0.2, 0.25) is 0 Å². The average Bonchev–Trinajstić information content (AvgIpc) is 2.97. The van der Waals surface area contributed by atoms with E-state index in [0.717, 1.165) is 18.5 Å². The van der Waals surface area contributed by atoms with Crippen molar-refractivity contribution in [3.05, 3.63) is 72.8 Å². The molecule has 2 aromatic carbocycles. The SMILES string of the molecule is C=O.CCCCCCCC/C=C\CCCCCCCC(=O)O.CN(C)c1ccccc1.CNc1ccccc1. The van der Waals surface area contributed by atoms with Gasteiger partial charge in [-0.3, -0.25) is 4.79 Å². The molecule has 0 aromatic heterocycles. The number of unbranched alkanes of at least 4 members (excludes halogenated alkanes) is 11. The van der Waals surface area contributed by atoms with Crippen LogP contribution in [-0.2, 0) is 9.59 Å². The zero-order valence-electron chi connectivity index (χ0n) is 25.2. The number of para-hydroxylation sites is 2. The maximum absolute atomic E-state index is 10.3. The topological polar surface area (TPSA) is 69.6 Å². The monoisotopic (exact) mass is 540 g/mol. The Kier molecular flexibility index (Phi) is 30.4. The van der Waals surface area contributed by atoms with Crippen LogP contribution in [0.5, 0.6) is 0 Å². The lowest BCUT2D eigenvalue weighted by Crippen LogP contribution is -2.07. The first-order valence-electron chi connectivity index (χ1n) is 14.6. The third-order valence-corrected chi connectivity index (χ3v) is 5.99. The van der Waals surface area contributed by atoms with Gasteiger partial charge in [-0.05, 0) is 56.4 Å². The second kappa shape index (κ2) is 31.1. The van der Waals surface area contributed by atoms with Crippen molar-refractivity contribution in [2.24, 2.45) is 0 Å². The molecule has 0 amide bonds. The lowest BCUT2D eigenvalue weighted by Gasteiger charge is -2.10. The minimum absolute atomic E-state index is 0.332. The summed E-state index contributed by atoms with van der Waals surface area (Å²) >= 11 is 0. The number of allylic oxidation sites excluding steroid dienone is 2. The van der Waals surface area contributed by atoms with E-state index in [-0.39, 0.29) is 0 Å². The first kappa shape index (κ1) is 38.1. The molecule has 0 saturated carbocycles. The number of aliphatic carboxylic acids is 1. The molecule has 2 N–H and O–H groups in total. The van der Waals surface area contributed by atoms with E-state index in [0.29, 0.717) is 6.42 Å². The second-order valence-corrected chi connectivity index (χ2v) is 9.57. The molecule has 2 aromatic rings. The minimum Gasteiger partial charge on any atom is -0.481 e. The number of nitrogens with one attached hydrogen (secondary N) is 1. The molecular weight excluding hydrogens is 484 g/mol. The van der Waals surface area contributed by atoms with Gasteiger partial charge >= 0.3 is 5.97 Å². The Bertz CT molecular complexity index is 780. The van der Waals surface area contributed by atoms with Gasteiger partial charge in [0.15, 0.2) is 0 Å². The van der Waals surface area contributed by atoms with E-state index in [1.54, 1.807) is 0 Å². The van der Waals surface area contributed by atoms with Crippen molar-refractivity contribution in [2.45, 2.75) is 96.8 Å². The first-order chi connectivity index (χ1) is 19.0. The molecule has 0 unspecified atom stereocenters. The molecule has 0 aliphatic rings. The number of carboxylic acid groups (broad SMARTS) is 1. The Morgan fingerprint density at radius 3 is 1.56 bits per heavy atom. The summed E-state index contributed by atoms with van der Waals surface area (Å²) in [5.74, 6) is -0.664. The number of benzene rings is 2. The fourth-order valence-electron chi connectivity index (χ4n) is 3.68. The van der Waals surface area contributed by atoms with E-state index in [9.17, 15) is 4.79 Å². The third kappa shape index (κ3) is 29.3. The molecule has 39 heavy (non-hydrogen) atoms. The molecule has 0 aliphatic carbocycles. The molecule has 0 radical (unpaired) electrons. The van der Waals surface area contributed by atoms with Crippen LogP contribution in [0.25, 0.3) is 0 Å². The van der Waals surface area contributed by atoms with Gasteiger partial charge in [-0.15, -0.1) is 0 Å².